The predicted molar refractivity (Wildman–Crippen MR) is 33.4 cm³/mol. The minimum Gasteiger partial charge on any atom is -0.382 e. The fraction of sp³-hybridized carbons (Fsp3) is 0.250. The smallest absolute Gasteiger partial charge is 0.154 e. The summed E-state index contributed by atoms with van der Waals surface area (Å²) in [4.78, 5) is 0. The zero-order valence-electron chi connectivity index (χ0n) is 5.00. The zero-order chi connectivity index (χ0) is 6.85. The summed E-state index contributed by atoms with van der Waals surface area (Å²) >= 11 is 0. The van der Waals surface area contributed by atoms with Crippen molar-refractivity contribution < 1.29 is 0 Å². The molecule has 0 spiro atoms. The van der Waals surface area contributed by atoms with Gasteiger partial charge in [0.25, 0.3) is 0 Å². The van der Waals surface area contributed by atoms with Crippen molar-refractivity contribution in [2.75, 3.05) is 11.5 Å². The first kappa shape index (κ1) is 5.74. The highest BCUT2D eigenvalue weighted by molar-refractivity contribution is 5.49. The van der Waals surface area contributed by atoms with Gasteiger partial charge in [-0.25, -0.2) is 0 Å². The lowest BCUT2D eigenvalue weighted by Crippen LogP contribution is -2.03. The van der Waals surface area contributed by atoms with Crippen LogP contribution < -0.4 is 11.5 Å². The lowest BCUT2D eigenvalue weighted by atomic mass is 10.3. The monoisotopic (exact) mass is 125 g/mol. The van der Waals surface area contributed by atoms with E-state index in [1.165, 1.54) is 0 Å². The Morgan fingerprint density at radius 2 is 1.56 bits per heavy atom. The summed E-state index contributed by atoms with van der Waals surface area (Å²) in [6.45, 7) is 1.74. The van der Waals surface area contributed by atoms with E-state index in [1.807, 2.05) is 0 Å². The van der Waals surface area contributed by atoms with Crippen molar-refractivity contribution in [2.24, 2.45) is 0 Å². The molecule has 0 saturated heterocycles. The van der Waals surface area contributed by atoms with Gasteiger partial charge in [-0.1, -0.05) is 0 Å². The van der Waals surface area contributed by atoms with Crippen LogP contribution in [0.2, 0.25) is 0 Å². The minimum absolute atomic E-state index is 0.336. The Kier molecular flexibility index (Phi) is 1.18. The largest absolute Gasteiger partial charge is 0.382 e. The van der Waals surface area contributed by atoms with Crippen molar-refractivity contribution in [3.63, 3.8) is 0 Å². The molecule has 0 saturated carbocycles. The van der Waals surface area contributed by atoms with E-state index in [0.29, 0.717) is 17.2 Å². The Hall–Kier alpha value is -1.39. The van der Waals surface area contributed by atoms with Crippen LogP contribution in [0.15, 0.2) is 0 Å². The van der Waals surface area contributed by atoms with E-state index in [0.717, 1.165) is 0 Å². The van der Waals surface area contributed by atoms with Gasteiger partial charge >= 0.3 is 0 Å². The highest BCUT2D eigenvalue weighted by Gasteiger charge is 1.98. The molecule has 1 rings (SSSR count). The fourth-order valence-electron chi connectivity index (χ4n) is 0.400. The van der Waals surface area contributed by atoms with Crippen LogP contribution in [0.4, 0.5) is 11.6 Å². The van der Waals surface area contributed by atoms with E-state index < -0.39 is 0 Å². The molecular weight excluding hydrogens is 118 g/mol. The molecule has 0 fully saturated rings. The van der Waals surface area contributed by atoms with Crippen LogP contribution in [0, 0.1) is 6.92 Å². The van der Waals surface area contributed by atoms with E-state index in [9.17, 15) is 0 Å². The SMILES string of the molecule is Cc1c(N)nnnc1N. The van der Waals surface area contributed by atoms with Gasteiger partial charge in [-0.05, 0) is 12.1 Å². The molecule has 1 aromatic rings. The van der Waals surface area contributed by atoms with Gasteiger partial charge in [-0.3, -0.25) is 0 Å². The molecule has 0 bridgehead atoms. The number of rotatable bonds is 0. The Bertz CT molecular complexity index is 200. The molecule has 0 aliphatic rings. The van der Waals surface area contributed by atoms with Crippen LogP contribution in [-0.2, 0) is 0 Å². The maximum atomic E-state index is 5.33. The third-order valence-corrected chi connectivity index (χ3v) is 1.07. The first-order chi connectivity index (χ1) is 4.22. The van der Waals surface area contributed by atoms with Gasteiger partial charge in [0.2, 0.25) is 0 Å². The standard InChI is InChI=1S/C4H7N5/c1-2-3(5)7-9-8-4(2)6/h1H3,(H4,5,6,7,8). The van der Waals surface area contributed by atoms with E-state index in [1.54, 1.807) is 6.92 Å². The average molecular weight is 125 g/mol. The van der Waals surface area contributed by atoms with E-state index in [2.05, 4.69) is 15.4 Å². The second-order valence-corrected chi connectivity index (χ2v) is 1.68. The van der Waals surface area contributed by atoms with Gasteiger partial charge in [-0.15, -0.1) is 10.2 Å². The van der Waals surface area contributed by atoms with Gasteiger partial charge in [0.1, 0.15) is 0 Å². The molecule has 4 N–H and O–H groups in total. The van der Waals surface area contributed by atoms with Crippen LogP contribution >= 0.6 is 0 Å². The first-order valence-electron chi connectivity index (χ1n) is 2.42. The summed E-state index contributed by atoms with van der Waals surface area (Å²) < 4.78 is 0. The van der Waals surface area contributed by atoms with Crippen molar-refractivity contribution in [1.82, 2.24) is 15.4 Å². The number of hydrogen-bond donors (Lipinski definition) is 2. The quantitative estimate of drug-likeness (QED) is 0.480. The second kappa shape index (κ2) is 1.85. The van der Waals surface area contributed by atoms with E-state index >= 15 is 0 Å². The van der Waals surface area contributed by atoms with Crippen molar-refractivity contribution in [3.8, 4) is 0 Å². The Labute approximate surface area is 52.1 Å². The van der Waals surface area contributed by atoms with E-state index in [4.69, 9.17) is 11.5 Å². The summed E-state index contributed by atoms with van der Waals surface area (Å²) in [7, 11) is 0. The Balaban J connectivity index is 3.25. The number of hydrogen-bond acceptors (Lipinski definition) is 5. The average Bonchev–Trinajstić information content (AvgIpc) is 1.83. The number of nitrogen functional groups attached to an aromatic ring is 2. The zero-order valence-corrected chi connectivity index (χ0v) is 5.00. The summed E-state index contributed by atoms with van der Waals surface area (Å²) in [5.41, 5.74) is 11.3. The van der Waals surface area contributed by atoms with Gasteiger partial charge < -0.3 is 11.5 Å². The molecule has 48 valence electrons. The van der Waals surface area contributed by atoms with Crippen LogP contribution in [0.1, 0.15) is 5.56 Å². The molecule has 5 nitrogen and oxygen atoms in total. The normalized spacial score (nSPS) is 9.44. The second-order valence-electron chi connectivity index (χ2n) is 1.68. The molecule has 0 amide bonds. The van der Waals surface area contributed by atoms with Crippen molar-refractivity contribution >= 4 is 11.6 Å². The molecule has 5 heteroatoms. The molecule has 0 aliphatic heterocycles. The summed E-state index contributed by atoms with van der Waals surface area (Å²) in [5, 5.41) is 10.2. The fourth-order valence-corrected chi connectivity index (χ4v) is 0.400. The first-order valence-corrected chi connectivity index (χ1v) is 2.42. The van der Waals surface area contributed by atoms with Crippen molar-refractivity contribution in [2.45, 2.75) is 6.92 Å². The lowest BCUT2D eigenvalue weighted by Gasteiger charge is -1.96. The number of nitrogens with zero attached hydrogens (tertiary/aromatic N) is 3. The van der Waals surface area contributed by atoms with Crippen molar-refractivity contribution in [3.05, 3.63) is 5.56 Å². The summed E-state index contributed by atoms with van der Waals surface area (Å²) in [5.74, 6) is 0.671. The predicted octanol–water partition coefficient (Wildman–Crippen LogP) is -0.656. The maximum absolute atomic E-state index is 5.33. The molecule has 0 aliphatic carbocycles. The van der Waals surface area contributed by atoms with E-state index in [-0.39, 0.29) is 0 Å². The van der Waals surface area contributed by atoms with Crippen molar-refractivity contribution in [1.29, 1.82) is 0 Å². The van der Waals surface area contributed by atoms with Gasteiger partial charge in [0.15, 0.2) is 11.6 Å². The topological polar surface area (TPSA) is 90.7 Å². The Morgan fingerprint density at radius 3 is 1.89 bits per heavy atom. The molecule has 9 heavy (non-hydrogen) atoms. The van der Waals surface area contributed by atoms with Crippen LogP contribution in [0.3, 0.4) is 0 Å². The highest BCUT2D eigenvalue weighted by Crippen LogP contribution is 2.08. The van der Waals surface area contributed by atoms with Gasteiger partial charge in [-0.2, -0.15) is 0 Å². The third-order valence-electron chi connectivity index (χ3n) is 1.07. The molecular formula is C4H7N5. The maximum Gasteiger partial charge on any atom is 0.154 e. The Morgan fingerprint density at radius 1 is 1.11 bits per heavy atom. The summed E-state index contributed by atoms with van der Waals surface area (Å²) in [6, 6.07) is 0. The molecule has 1 aromatic heterocycles. The number of aromatic nitrogens is 3. The van der Waals surface area contributed by atoms with Crippen LogP contribution in [0.25, 0.3) is 0 Å². The lowest BCUT2D eigenvalue weighted by molar-refractivity contribution is 0.872. The molecule has 0 aromatic carbocycles. The highest BCUT2D eigenvalue weighted by atomic mass is 15.3. The molecule has 0 radical (unpaired) electrons. The number of anilines is 2. The van der Waals surface area contributed by atoms with Gasteiger partial charge in [0, 0.05) is 5.56 Å². The molecule has 0 unspecified atom stereocenters. The minimum atomic E-state index is 0.336. The third kappa shape index (κ3) is 0.883. The van der Waals surface area contributed by atoms with Crippen LogP contribution in [0.5, 0.6) is 0 Å². The molecule has 1 heterocycles. The summed E-state index contributed by atoms with van der Waals surface area (Å²) in [6.07, 6.45) is 0. The van der Waals surface area contributed by atoms with Crippen LogP contribution in [-0.4, -0.2) is 15.4 Å². The molecule has 0 atom stereocenters. The van der Waals surface area contributed by atoms with Gasteiger partial charge in [0.05, 0.1) is 0 Å². The number of nitrogens with two attached hydrogens (primary N) is 2.